The van der Waals surface area contributed by atoms with Gasteiger partial charge in [0.1, 0.15) is 12.6 Å². The van der Waals surface area contributed by atoms with Crippen molar-refractivity contribution in [2.45, 2.75) is 26.5 Å². The van der Waals surface area contributed by atoms with Crippen LogP contribution in [0.3, 0.4) is 0 Å². The molecule has 0 saturated carbocycles. The van der Waals surface area contributed by atoms with E-state index in [2.05, 4.69) is 10.3 Å². The summed E-state index contributed by atoms with van der Waals surface area (Å²) >= 11 is 0. The van der Waals surface area contributed by atoms with Crippen molar-refractivity contribution < 1.29 is 29.0 Å². The van der Waals surface area contributed by atoms with Crippen LogP contribution in [0.15, 0.2) is 58.7 Å². The van der Waals surface area contributed by atoms with Gasteiger partial charge >= 0.3 is 5.97 Å². The number of nitro benzene ring substituents is 1. The molecule has 2 N–H and O–H groups in total. The lowest BCUT2D eigenvalue weighted by Crippen LogP contribution is -2.43. The SMILES string of the molecule is CCOC(=O)C1=C(C)NC(N[N+](=O)[O-])=N[C@@H]1c1cc(OC)c(OCc2ccccc2)cc1[N+](=O)[O-]. The van der Waals surface area contributed by atoms with Crippen LogP contribution in [0, 0.1) is 20.2 Å². The van der Waals surface area contributed by atoms with Gasteiger partial charge in [-0.2, -0.15) is 0 Å². The topological polar surface area (TPSA) is 167 Å². The number of hydrogen-bond donors (Lipinski definition) is 2. The second-order valence-electron chi connectivity index (χ2n) is 7.23. The predicted octanol–water partition coefficient (Wildman–Crippen LogP) is 2.80. The monoisotopic (exact) mass is 485 g/mol. The zero-order valence-corrected chi connectivity index (χ0v) is 19.1. The lowest BCUT2D eigenvalue weighted by atomic mass is 9.94. The number of benzene rings is 2. The molecule has 35 heavy (non-hydrogen) atoms. The quantitative estimate of drug-likeness (QED) is 0.306. The molecule has 13 nitrogen and oxygen atoms in total. The van der Waals surface area contributed by atoms with Crippen molar-refractivity contribution in [2.75, 3.05) is 13.7 Å². The number of guanidine groups is 1. The molecule has 0 bridgehead atoms. The molecule has 0 aromatic heterocycles. The molecule has 2 aromatic rings. The van der Waals surface area contributed by atoms with Crippen LogP contribution in [-0.2, 0) is 16.1 Å². The molecule has 1 atom stereocenters. The summed E-state index contributed by atoms with van der Waals surface area (Å²) in [5.74, 6) is -0.820. The molecule has 0 unspecified atom stereocenters. The van der Waals surface area contributed by atoms with Gasteiger partial charge in [-0.05, 0) is 25.5 Å². The van der Waals surface area contributed by atoms with Gasteiger partial charge in [0.25, 0.3) is 11.6 Å². The summed E-state index contributed by atoms with van der Waals surface area (Å²) in [6.07, 6.45) is 0. The van der Waals surface area contributed by atoms with E-state index in [0.29, 0.717) is 0 Å². The van der Waals surface area contributed by atoms with E-state index in [4.69, 9.17) is 14.2 Å². The van der Waals surface area contributed by atoms with Gasteiger partial charge in [-0.3, -0.25) is 10.1 Å². The number of rotatable bonds is 9. The Morgan fingerprint density at radius 2 is 1.89 bits per heavy atom. The average molecular weight is 485 g/mol. The van der Waals surface area contributed by atoms with Crippen molar-refractivity contribution in [3.05, 3.63) is 85.1 Å². The molecule has 0 saturated heterocycles. The van der Waals surface area contributed by atoms with Gasteiger partial charge in [0.15, 0.2) is 16.5 Å². The number of nitrogens with zero attached hydrogens (tertiary/aromatic N) is 3. The van der Waals surface area contributed by atoms with Crippen LogP contribution in [0.25, 0.3) is 0 Å². The molecule has 184 valence electrons. The fraction of sp³-hybridized carbons (Fsp3) is 0.273. The number of hydrogen-bond acceptors (Lipinski definition) is 10. The fourth-order valence-electron chi connectivity index (χ4n) is 3.47. The minimum Gasteiger partial charge on any atom is -0.493 e. The van der Waals surface area contributed by atoms with Crippen molar-refractivity contribution in [1.82, 2.24) is 10.7 Å². The Labute approximate surface area is 199 Å². The van der Waals surface area contributed by atoms with Gasteiger partial charge in [-0.15, -0.1) is 0 Å². The highest BCUT2D eigenvalue weighted by Gasteiger charge is 2.36. The van der Waals surface area contributed by atoms with Gasteiger partial charge in [0, 0.05) is 5.70 Å². The summed E-state index contributed by atoms with van der Waals surface area (Å²) in [4.78, 5) is 39.2. The molecule has 13 heteroatoms. The second-order valence-corrected chi connectivity index (χ2v) is 7.23. The average Bonchev–Trinajstić information content (AvgIpc) is 2.82. The maximum atomic E-state index is 12.7. The van der Waals surface area contributed by atoms with E-state index in [1.807, 2.05) is 35.8 Å². The molecule has 2 aromatic carbocycles. The largest absolute Gasteiger partial charge is 0.493 e. The van der Waals surface area contributed by atoms with Crippen LogP contribution >= 0.6 is 0 Å². The lowest BCUT2D eigenvalue weighted by Gasteiger charge is -2.25. The third-order valence-electron chi connectivity index (χ3n) is 4.98. The number of hydrazine groups is 1. The Morgan fingerprint density at radius 1 is 1.17 bits per heavy atom. The van der Waals surface area contributed by atoms with Crippen molar-refractivity contribution >= 4 is 17.6 Å². The first-order chi connectivity index (χ1) is 16.7. The van der Waals surface area contributed by atoms with Gasteiger partial charge in [0.05, 0.1) is 35.8 Å². The van der Waals surface area contributed by atoms with E-state index in [1.54, 1.807) is 6.92 Å². The number of methoxy groups -OCH3 is 1. The first-order valence-electron chi connectivity index (χ1n) is 10.4. The zero-order valence-electron chi connectivity index (χ0n) is 19.1. The van der Waals surface area contributed by atoms with Crippen LogP contribution in [0.2, 0.25) is 0 Å². The number of ether oxygens (including phenoxy) is 3. The smallest absolute Gasteiger partial charge is 0.338 e. The van der Waals surface area contributed by atoms with Crippen molar-refractivity contribution in [2.24, 2.45) is 4.99 Å². The second kappa shape index (κ2) is 11.0. The van der Waals surface area contributed by atoms with Crippen molar-refractivity contribution in [3.63, 3.8) is 0 Å². The van der Waals surface area contributed by atoms with E-state index in [1.165, 1.54) is 26.2 Å². The molecule has 0 aliphatic carbocycles. The Bertz CT molecular complexity index is 1200. The van der Waals surface area contributed by atoms with Crippen LogP contribution in [0.4, 0.5) is 5.69 Å². The Hall–Kier alpha value is -4.68. The van der Waals surface area contributed by atoms with E-state index >= 15 is 0 Å². The highest BCUT2D eigenvalue weighted by molar-refractivity contribution is 5.95. The highest BCUT2D eigenvalue weighted by atomic mass is 16.7. The van der Waals surface area contributed by atoms with Gasteiger partial charge in [-0.25, -0.2) is 19.9 Å². The lowest BCUT2D eigenvalue weighted by molar-refractivity contribution is -0.525. The first kappa shape index (κ1) is 25.0. The molecule has 0 spiro atoms. The van der Waals surface area contributed by atoms with Gasteiger partial charge < -0.3 is 19.5 Å². The number of esters is 1. The zero-order chi connectivity index (χ0) is 25.5. The van der Waals surface area contributed by atoms with E-state index in [0.717, 1.165) is 5.56 Å². The number of nitrogens with one attached hydrogen (secondary N) is 2. The highest BCUT2D eigenvalue weighted by Crippen LogP contribution is 2.42. The number of aliphatic imine (C=N–C) groups is 1. The maximum absolute atomic E-state index is 12.7. The number of carbonyl (C=O) groups excluding carboxylic acids is 1. The van der Waals surface area contributed by atoms with Gasteiger partial charge in [0.2, 0.25) is 0 Å². The standard InChI is InChI=1S/C22H23N5O8/c1-4-34-21(28)19-13(2)23-22(25-27(31)32)24-20(19)15-10-17(33-3)18(11-16(15)26(29)30)35-12-14-8-6-5-7-9-14/h5-11,20H,4,12H2,1-3H3,(H2,23,24,25)/t20-/m1/s1. The third-order valence-corrected chi connectivity index (χ3v) is 4.98. The van der Waals surface area contributed by atoms with E-state index in [-0.39, 0.29) is 47.5 Å². The van der Waals surface area contributed by atoms with Crippen molar-refractivity contribution in [3.8, 4) is 11.5 Å². The molecule has 0 fully saturated rings. The molecular formula is C22H23N5O8. The molecule has 1 heterocycles. The molecule has 0 radical (unpaired) electrons. The minimum atomic E-state index is -1.30. The Kier molecular flexibility index (Phi) is 7.81. The summed E-state index contributed by atoms with van der Waals surface area (Å²) in [5.41, 5.74) is 2.41. The predicted molar refractivity (Wildman–Crippen MR) is 123 cm³/mol. The van der Waals surface area contributed by atoms with E-state index < -0.39 is 27.7 Å². The number of allylic oxidation sites excluding steroid dienone is 1. The van der Waals surface area contributed by atoms with E-state index in [9.17, 15) is 25.0 Å². The molecule has 1 aliphatic rings. The normalized spacial score (nSPS) is 14.9. The van der Waals surface area contributed by atoms with Gasteiger partial charge in [-0.1, -0.05) is 35.8 Å². The van der Waals surface area contributed by atoms with Crippen molar-refractivity contribution in [1.29, 1.82) is 0 Å². The summed E-state index contributed by atoms with van der Waals surface area (Å²) < 4.78 is 16.3. The molecular weight excluding hydrogens is 462 g/mol. The number of nitro groups is 2. The Balaban J connectivity index is 2.11. The van der Waals surface area contributed by atoms with Crippen LogP contribution < -0.4 is 20.2 Å². The first-order valence-corrected chi connectivity index (χ1v) is 10.4. The molecule has 1 aliphatic heterocycles. The minimum absolute atomic E-state index is 0.0366. The number of carbonyl (C=O) groups is 1. The third kappa shape index (κ3) is 5.82. The summed E-state index contributed by atoms with van der Waals surface area (Å²) in [5, 5.41) is 24.8. The summed E-state index contributed by atoms with van der Waals surface area (Å²) in [6, 6.07) is 10.4. The molecule has 3 rings (SSSR count). The Morgan fingerprint density at radius 3 is 2.49 bits per heavy atom. The van der Waals surface area contributed by atoms with Crippen LogP contribution in [-0.4, -0.2) is 35.6 Å². The summed E-state index contributed by atoms with van der Waals surface area (Å²) in [6.45, 7) is 3.26. The van der Waals surface area contributed by atoms with Crippen LogP contribution in [0.5, 0.6) is 11.5 Å². The maximum Gasteiger partial charge on any atom is 0.338 e. The molecule has 0 amide bonds. The van der Waals surface area contributed by atoms with Crippen LogP contribution in [0.1, 0.15) is 31.0 Å². The fourth-order valence-corrected chi connectivity index (χ4v) is 3.47. The summed E-state index contributed by atoms with van der Waals surface area (Å²) in [7, 11) is 1.36.